The molecule has 0 spiro atoms. The Labute approximate surface area is 108 Å². The van der Waals surface area contributed by atoms with Gasteiger partial charge in [-0.15, -0.1) is 0 Å². The van der Waals surface area contributed by atoms with E-state index in [0.717, 1.165) is 30.8 Å². The van der Waals surface area contributed by atoms with Crippen LogP contribution in [0.25, 0.3) is 0 Å². The van der Waals surface area contributed by atoms with Crippen LogP contribution in [-0.2, 0) is 11.3 Å². The molecule has 1 fully saturated rings. The molecule has 0 bridgehead atoms. The van der Waals surface area contributed by atoms with Crippen LogP contribution in [0.4, 0.5) is 0 Å². The first-order valence-corrected chi connectivity index (χ1v) is 6.32. The Morgan fingerprint density at radius 2 is 2.17 bits per heavy atom. The number of benzene rings is 1. The van der Waals surface area contributed by atoms with E-state index in [-0.39, 0.29) is 11.9 Å². The summed E-state index contributed by atoms with van der Waals surface area (Å²) in [5.41, 5.74) is 1.84. The summed E-state index contributed by atoms with van der Waals surface area (Å²) >= 11 is 0. The third kappa shape index (κ3) is 2.89. The van der Waals surface area contributed by atoms with E-state index in [1.807, 2.05) is 29.2 Å². The third-order valence-corrected chi connectivity index (χ3v) is 3.27. The van der Waals surface area contributed by atoms with Gasteiger partial charge in [0.05, 0.1) is 6.61 Å². The largest absolute Gasteiger partial charge is 0.380 e. The Hall–Kier alpha value is -1.39. The molecule has 1 unspecified atom stereocenters. The smallest absolute Gasteiger partial charge is 0.254 e. The SMILES string of the molecule is COCc1ccc(C(=O)N2CCNCC2C)cc1. The van der Waals surface area contributed by atoms with Crippen molar-refractivity contribution in [1.82, 2.24) is 10.2 Å². The molecular weight excluding hydrogens is 228 g/mol. The van der Waals surface area contributed by atoms with Gasteiger partial charge in [0, 0.05) is 38.3 Å². The van der Waals surface area contributed by atoms with E-state index in [4.69, 9.17) is 4.74 Å². The minimum absolute atomic E-state index is 0.118. The van der Waals surface area contributed by atoms with Gasteiger partial charge in [-0.25, -0.2) is 0 Å². The standard InChI is InChI=1S/C14H20N2O2/c1-11-9-15-7-8-16(11)14(17)13-5-3-12(4-6-13)10-18-2/h3-6,11,15H,7-10H2,1-2H3. The van der Waals surface area contributed by atoms with E-state index < -0.39 is 0 Å². The minimum atomic E-state index is 0.118. The zero-order chi connectivity index (χ0) is 13.0. The summed E-state index contributed by atoms with van der Waals surface area (Å²) < 4.78 is 5.06. The van der Waals surface area contributed by atoms with Crippen molar-refractivity contribution in [3.8, 4) is 0 Å². The number of amides is 1. The van der Waals surface area contributed by atoms with Gasteiger partial charge in [0.25, 0.3) is 5.91 Å². The molecule has 0 aliphatic carbocycles. The Morgan fingerprint density at radius 3 is 2.78 bits per heavy atom. The number of ether oxygens (including phenoxy) is 1. The number of carbonyl (C=O) groups is 1. The van der Waals surface area contributed by atoms with Crippen LogP contribution in [0.15, 0.2) is 24.3 Å². The summed E-state index contributed by atoms with van der Waals surface area (Å²) in [5, 5.41) is 3.29. The number of carbonyl (C=O) groups excluding carboxylic acids is 1. The van der Waals surface area contributed by atoms with Crippen LogP contribution in [-0.4, -0.2) is 43.6 Å². The van der Waals surface area contributed by atoms with Gasteiger partial charge in [-0.05, 0) is 24.6 Å². The summed E-state index contributed by atoms with van der Waals surface area (Å²) in [7, 11) is 1.67. The average Bonchev–Trinajstić information content (AvgIpc) is 2.40. The van der Waals surface area contributed by atoms with Gasteiger partial charge in [-0.1, -0.05) is 12.1 Å². The summed E-state index contributed by atoms with van der Waals surface area (Å²) in [4.78, 5) is 14.3. The number of hydrogen-bond donors (Lipinski definition) is 1. The normalized spacial score (nSPS) is 19.9. The monoisotopic (exact) mass is 248 g/mol. The quantitative estimate of drug-likeness (QED) is 0.876. The minimum Gasteiger partial charge on any atom is -0.380 e. The van der Waals surface area contributed by atoms with E-state index in [0.29, 0.717) is 6.61 Å². The zero-order valence-electron chi connectivity index (χ0n) is 11.0. The number of rotatable bonds is 3. The van der Waals surface area contributed by atoms with Crippen molar-refractivity contribution in [1.29, 1.82) is 0 Å². The second kappa shape index (κ2) is 5.98. The van der Waals surface area contributed by atoms with E-state index in [2.05, 4.69) is 12.2 Å². The molecule has 18 heavy (non-hydrogen) atoms. The van der Waals surface area contributed by atoms with Crippen molar-refractivity contribution in [2.75, 3.05) is 26.7 Å². The van der Waals surface area contributed by atoms with Gasteiger partial charge in [0.2, 0.25) is 0 Å². The molecule has 1 heterocycles. The molecule has 1 aromatic rings. The molecule has 1 atom stereocenters. The lowest BCUT2D eigenvalue weighted by molar-refractivity contribution is 0.0655. The first-order valence-electron chi connectivity index (χ1n) is 6.32. The Bertz CT molecular complexity index is 403. The van der Waals surface area contributed by atoms with E-state index in [1.54, 1.807) is 7.11 Å². The molecule has 1 saturated heterocycles. The van der Waals surface area contributed by atoms with Gasteiger partial charge in [0.15, 0.2) is 0 Å². The second-order valence-electron chi connectivity index (χ2n) is 4.68. The van der Waals surface area contributed by atoms with Gasteiger partial charge in [-0.2, -0.15) is 0 Å². The summed E-state index contributed by atoms with van der Waals surface area (Å²) in [6.07, 6.45) is 0. The predicted octanol–water partition coefficient (Wildman–Crippen LogP) is 1.27. The fourth-order valence-electron chi connectivity index (χ4n) is 2.22. The van der Waals surface area contributed by atoms with Crippen LogP contribution in [0, 0.1) is 0 Å². The van der Waals surface area contributed by atoms with Crippen molar-refractivity contribution in [2.45, 2.75) is 19.6 Å². The summed E-state index contributed by atoms with van der Waals surface area (Å²) in [6, 6.07) is 7.91. The van der Waals surface area contributed by atoms with Crippen molar-refractivity contribution in [3.63, 3.8) is 0 Å². The van der Waals surface area contributed by atoms with Gasteiger partial charge >= 0.3 is 0 Å². The van der Waals surface area contributed by atoms with E-state index >= 15 is 0 Å². The second-order valence-corrected chi connectivity index (χ2v) is 4.68. The maximum absolute atomic E-state index is 12.3. The molecule has 4 heteroatoms. The molecule has 98 valence electrons. The molecule has 1 N–H and O–H groups in total. The summed E-state index contributed by atoms with van der Waals surface area (Å²) in [5.74, 6) is 0.118. The fourth-order valence-corrected chi connectivity index (χ4v) is 2.22. The first kappa shape index (κ1) is 13.1. The van der Waals surface area contributed by atoms with Gasteiger partial charge in [0.1, 0.15) is 0 Å². The number of methoxy groups -OCH3 is 1. The number of nitrogens with one attached hydrogen (secondary N) is 1. The number of nitrogens with zero attached hydrogens (tertiary/aromatic N) is 1. The van der Waals surface area contributed by atoms with Gasteiger partial charge < -0.3 is 15.0 Å². The summed E-state index contributed by atoms with van der Waals surface area (Å²) in [6.45, 7) is 5.17. The fraction of sp³-hybridized carbons (Fsp3) is 0.500. The van der Waals surface area contributed by atoms with Crippen molar-refractivity contribution in [2.24, 2.45) is 0 Å². The van der Waals surface area contributed by atoms with Crippen molar-refractivity contribution in [3.05, 3.63) is 35.4 Å². The highest BCUT2D eigenvalue weighted by molar-refractivity contribution is 5.94. The lowest BCUT2D eigenvalue weighted by atomic mass is 10.1. The van der Waals surface area contributed by atoms with Crippen LogP contribution < -0.4 is 5.32 Å². The molecule has 1 amide bonds. The topological polar surface area (TPSA) is 41.6 Å². The molecular formula is C14H20N2O2. The first-order chi connectivity index (χ1) is 8.72. The van der Waals surface area contributed by atoms with Crippen molar-refractivity contribution >= 4 is 5.91 Å². The van der Waals surface area contributed by atoms with Crippen LogP contribution in [0.5, 0.6) is 0 Å². The number of piperazine rings is 1. The molecule has 1 aliphatic rings. The van der Waals surface area contributed by atoms with Gasteiger partial charge in [-0.3, -0.25) is 4.79 Å². The van der Waals surface area contributed by atoms with Crippen LogP contribution in [0.3, 0.4) is 0 Å². The molecule has 4 nitrogen and oxygen atoms in total. The highest BCUT2D eigenvalue weighted by Gasteiger charge is 2.23. The Balaban J connectivity index is 2.08. The lowest BCUT2D eigenvalue weighted by Crippen LogP contribution is -2.52. The van der Waals surface area contributed by atoms with Crippen molar-refractivity contribution < 1.29 is 9.53 Å². The number of hydrogen-bond acceptors (Lipinski definition) is 3. The lowest BCUT2D eigenvalue weighted by Gasteiger charge is -2.34. The highest BCUT2D eigenvalue weighted by Crippen LogP contribution is 2.12. The maximum Gasteiger partial charge on any atom is 0.254 e. The molecule has 2 rings (SSSR count). The molecule has 1 aromatic carbocycles. The highest BCUT2D eigenvalue weighted by atomic mass is 16.5. The third-order valence-electron chi connectivity index (χ3n) is 3.27. The van der Waals surface area contributed by atoms with E-state index in [9.17, 15) is 4.79 Å². The molecule has 0 radical (unpaired) electrons. The Kier molecular flexibility index (Phi) is 4.33. The van der Waals surface area contributed by atoms with Crippen LogP contribution in [0.1, 0.15) is 22.8 Å². The van der Waals surface area contributed by atoms with Crippen LogP contribution >= 0.6 is 0 Å². The predicted molar refractivity (Wildman–Crippen MR) is 70.5 cm³/mol. The molecule has 0 saturated carbocycles. The molecule has 0 aromatic heterocycles. The maximum atomic E-state index is 12.3. The average molecular weight is 248 g/mol. The van der Waals surface area contributed by atoms with E-state index in [1.165, 1.54) is 0 Å². The van der Waals surface area contributed by atoms with Crippen LogP contribution in [0.2, 0.25) is 0 Å². The molecule has 1 aliphatic heterocycles. The zero-order valence-corrected chi connectivity index (χ0v) is 11.0. The Morgan fingerprint density at radius 1 is 1.44 bits per heavy atom.